The second-order valence-electron chi connectivity index (χ2n) is 12.1. The monoisotopic (exact) mass is 778 g/mol. The number of aromatic amines is 2. The minimum atomic E-state index is -4.15. The summed E-state index contributed by atoms with van der Waals surface area (Å²) in [6.07, 6.45) is 2.38. The fourth-order valence-electron chi connectivity index (χ4n) is 6.42. The van der Waals surface area contributed by atoms with E-state index in [1.165, 1.54) is 0 Å². The average molecular weight is 779 g/mol. The van der Waals surface area contributed by atoms with Crippen molar-refractivity contribution in [1.29, 1.82) is 0 Å². The molecule has 7 rings (SSSR count). The van der Waals surface area contributed by atoms with Gasteiger partial charge in [0.05, 0.1) is 12.8 Å². The highest BCUT2D eigenvalue weighted by atomic mass is 35.5. The predicted octanol–water partition coefficient (Wildman–Crippen LogP) is 8.06. The number of H-pyrrole nitrogens is 2. The maximum atomic E-state index is 14.1. The van der Waals surface area contributed by atoms with Gasteiger partial charge in [-0.1, -0.05) is 45.9 Å². The molecule has 16 heteroatoms. The van der Waals surface area contributed by atoms with Gasteiger partial charge >= 0.3 is 8.17 Å². The van der Waals surface area contributed by atoms with Crippen molar-refractivity contribution in [3.63, 3.8) is 0 Å². The van der Waals surface area contributed by atoms with Gasteiger partial charge in [0.15, 0.2) is 5.75 Å². The van der Waals surface area contributed by atoms with Gasteiger partial charge < -0.3 is 25.5 Å². The number of fused-ring (bicyclic) bond motifs is 5. The van der Waals surface area contributed by atoms with Crippen LogP contribution in [0.4, 0.5) is 17.1 Å². The number of carbonyl (C=O) groups is 3. The van der Waals surface area contributed by atoms with E-state index in [-0.39, 0.29) is 35.3 Å². The largest absolute Gasteiger partial charge is 0.616 e. The molecule has 0 fully saturated rings. The number of hydrogen-bond donors (Lipinski definition) is 6. The molecule has 0 spiro atoms. The van der Waals surface area contributed by atoms with Crippen LogP contribution >= 0.6 is 41.4 Å². The average Bonchev–Trinajstić information content (AvgIpc) is 3.86. The molecular weight excluding hydrogens is 745 g/mol. The van der Waals surface area contributed by atoms with Crippen molar-refractivity contribution in [3.05, 3.63) is 95.8 Å². The van der Waals surface area contributed by atoms with Gasteiger partial charge in [-0.05, 0) is 65.7 Å². The van der Waals surface area contributed by atoms with Gasteiger partial charge in [-0.2, -0.15) is 9.79 Å². The molecule has 1 aliphatic heterocycles. The number of hydrogen-bond acceptors (Lipinski definition) is 9. The summed E-state index contributed by atoms with van der Waals surface area (Å²) in [5.74, 6) is 0.239. The number of halogens is 1. The van der Waals surface area contributed by atoms with Crippen LogP contribution < -0.4 is 20.1 Å². The Kier molecular flexibility index (Phi) is 10.4. The first-order valence-corrected chi connectivity index (χ1v) is 20.9. The van der Waals surface area contributed by atoms with E-state index < -0.39 is 8.17 Å². The Labute approximate surface area is 311 Å². The second-order valence-corrected chi connectivity index (χ2v) is 16.6. The fraction of sp³-hybridized carbons (Fsp3) is 0.194. The maximum absolute atomic E-state index is 14.1. The Morgan fingerprint density at radius 3 is 2.25 bits per heavy atom. The Balaban J connectivity index is 1.11. The van der Waals surface area contributed by atoms with E-state index in [2.05, 4.69) is 20.6 Å². The van der Waals surface area contributed by atoms with Crippen LogP contribution in [0.25, 0.3) is 32.6 Å². The number of amides is 3. The smallest absolute Gasteiger partial charge is 0.351 e. The van der Waals surface area contributed by atoms with Crippen molar-refractivity contribution in [1.82, 2.24) is 9.97 Å². The molecule has 52 heavy (non-hydrogen) atoms. The van der Waals surface area contributed by atoms with Crippen LogP contribution in [0.2, 0.25) is 0 Å². The molecule has 268 valence electrons. The van der Waals surface area contributed by atoms with Crippen LogP contribution in [0.3, 0.4) is 0 Å². The molecule has 0 radical (unpaired) electrons. The Bertz CT molecular complexity index is 2350. The zero-order chi connectivity index (χ0) is 36.6. The Morgan fingerprint density at radius 2 is 1.58 bits per heavy atom. The zero-order valence-corrected chi connectivity index (χ0v) is 31.2. The summed E-state index contributed by atoms with van der Waals surface area (Å²) >= 11 is 6.43. The minimum absolute atomic E-state index is 0.0678. The second kappa shape index (κ2) is 15.0. The highest BCUT2D eigenvalue weighted by molar-refractivity contribution is 8.76. The zero-order valence-electron chi connectivity index (χ0n) is 27.9. The number of aromatic nitrogens is 2. The molecule has 3 amide bonds. The first-order valence-electron chi connectivity index (χ1n) is 16.1. The van der Waals surface area contributed by atoms with Crippen LogP contribution in [0.1, 0.15) is 38.9 Å². The number of nitrogens with one attached hydrogen (secondary N) is 4. The van der Waals surface area contributed by atoms with Gasteiger partial charge in [0.25, 0.3) is 11.8 Å². The Hall–Kier alpha value is -4.27. The molecule has 12 nitrogen and oxygen atoms in total. The fourth-order valence-corrected chi connectivity index (χ4v) is 8.33. The van der Waals surface area contributed by atoms with E-state index >= 15 is 0 Å². The molecule has 0 bridgehead atoms. The third kappa shape index (κ3) is 7.33. The van der Waals surface area contributed by atoms with Gasteiger partial charge in [0, 0.05) is 75.1 Å². The molecule has 1 aliphatic rings. The van der Waals surface area contributed by atoms with Gasteiger partial charge in [-0.3, -0.25) is 18.9 Å². The molecule has 1 atom stereocenters. The lowest BCUT2D eigenvalue weighted by Gasteiger charge is -2.18. The molecule has 4 aromatic carbocycles. The summed E-state index contributed by atoms with van der Waals surface area (Å²) in [7, 11) is 0.242. The standard InChI is InChI=1S/C36H33ClN5O7PS2/c1-48-50(46,47)49-32-17-31-34(26-6-4-3-5-25(26)32)22(18-37)19-42(31)36(45)30-16-21-14-24(8-10-28(21)41-30)39-35(44)29-15-20-13-23(7-9-27(20)40-29)38-33(43)11-12-52-51-2/h3-10,13-17,22,46-47H,11-12,18-19H2,1-2H3,(H3-,38,39,40,41,43,44,45)/p+1/t22-/m1/s1. The van der Waals surface area contributed by atoms with Crippen LogP contribution in [0.15, 0.2) is 78.9 Å². The van der Waals surface area contributed by atoms with Crippen LogP contribution in [0, 0.1) is 0 Å². The molecule has 0 saturated carbocycles. The van der Waals surface area contributed by atoms with Crippen molar-refractivity contribution in [2.75, 3.05) is 47.1 Å². The van der Waals surface area contributed by atoms with E-state index in [0.29, 0.717) is 57.7 Å². The molecule has 0 unspecified atom stereocenters. The van der Waals surface area contributed by atoms with Crippen molar-refractivity contribution in [2.45, 2.75) is 12.3 Å². The molecule has 6 aromatic rings. The van der Waals surface area contributed by atoms with Crippen LogP contribution in [-0.2, 0) is 9.32 Å². The summed E-state index contributed by atoms with van der Waals surface area (Å²) in [4.78, 5) is 68.0. The normalized spacial score (nSPS) is 14.2. The minimum Gasteiger partial charge on any atom is -0.351 e. The summed E-state index contributed by atoms with van der Waals surface area (Å²) in [5.41, 5.74) is 4.72. The van der Waals surface area contributed by atoms with Crippen molar-refractivity contribution in [2.24, 2.45) is 0 Å². The van der Waals surface area contributed by atoms with Crippen LogP contribution in [0.5, 0.6) is 5.75 Å². The van der Waals surface area contributed by atoms with E-state index in [1.807, 2.05) is 36.6 Å². The highest BCUT2D eigenvalue weighted by Crippen LogP contribution is 2.55. The third-order valence-corrected chi connectivity index (χ3v) is 11.9. The third-order valence-electron chi connectivity index (χ3n) is 8.80. The van der Waals surface area contributed by atoms with Gasteiger partial charge in [-0.15, -0.1) is 16.1 Å². The lowest BCUT2D eigenvalue weighted by atomic mass is 9.95. The lowest BCUT2D eigenvalue weighted by molar-refractivity contribution is -0.115. The molecule has 3 heterocycles. The molecule has 6 N–H and O–H groups in total. The quantitative estimate of drug-likeness (QED) is 0.0312. The topological polar surface area (TPSA) is 169 Å². The summed E-state index contributed by atoms with van der Waals surface area (Å²) in [6, 6.07) is 23.2. The van der Waals surface area contributed by atoms with E-state index in [0.717, 1.165) is 34.7 Å². The van der Waals surface area contributed by atoms with Gasteiger partial charge in [0.1, 0.15) is 11.4 Å². The highest BCUT2D eigenvalue weighted by Gasteiger charge is 2.42. The van der Waals surface area contributed by atoms with Gasteiger partial charge in [0.2, 0.25) is 5.91 Å². The lowest BCUT2D eigenvalue weighted by Crippen LogP contribution is -2.30. The van der Waals surface area contributed by atoms with Crippen molar-refractivity contribution < 1.29 is 33.2 Å². The molecule has 2 aromatic heterocycles. The van der Waals surface area contributed by atoms with Crippen LogP contribution in [-0.4, -0.2) is 69.0 Å². The van der Waals surface area contributed by atoms with E-state index in [9.17, 15) is 24.2 Å². The van der Waals surface area contributed by atoms with E-state index in [1.54, 1.807) is 75.0 Å². The van der Waals surface area contributed by atoms with Crippen molar-refractivity contribution >= 4 is 109 Å². The number of alkyl halides is 1. The summed E-state index contributed by atoms with van der Waals surface area (Å²) in [6.45, 7) is 0.306. The molecule has 0 aliphatic carbocycles. The Morgan fingerprint density at radius 1 is 0.923 bits per heavy atom. The molecular formula is C36H34ClN5O7PS2+. The predicted molar refractivity (Wildman–Crippen MR) is 212 cm³/mol. The van der Waals surface area contributed by atoms with Gasteiger partial charge in [-0.25, -0.2) is 0 Å². The first kappa shape index (κ1) is 36.1. The SMILES string of the molecule is CO[P+](O)(O)Oc1cc2c(c3ccccc13)[C@H](CCl)CN2C(=O)c1cc2cc(NC(=O)c3cc4cc(NC(=O)CCSSC)ccc4[nH]3)ccc2[nH]1. The van der Waals surface area contributed by atoms with Crippen molar-refractivity contribution in [3.8, 4) is 5.75 Å². The van der Waals surface area contributed by atoms with E-state index in [4.69, 9.17) is 20.6 Å². The summed E-state index contributed by atoms with van der Waals surface area (Å²) < 4.78 is 10.3. The number of anilines is 3. The first-order chi connectivity index (χ1) is 25.1. The maximum Gasteiger partial charge on any atom is 0.616 e. The number of rotatable bonds is 12. The molecule has 0 saturated heterocycles. The number of nitrogens with zero attached hydrogens (tertiary/aromatic N) is 1. The summed E-state index contributed by atoms with van der Waals surface area (Å²) in [5, 5.41) is 8.73. The number of benzene rings is 4. The number of carbonyl (C=O) groups excluding carboxylic acids is 3.